The van der Waals surface area contributed by atoms with Crippen LogP contribution >= 0.6 is 0 Å². The van der Waals surface area contributed by atoms with E-state index in [1.54, 1.807) is 0 Å². The third-order valence-corrected chi connectivity index (χ3v) is 9.42. The first-order chi connectivity index (χ1) is 23.2. The molecule has 0 saturated carbocycles. The Hall–Kier alpha value is -6.33. The lowest BCUT2D eigenvalue weighted by atomic mass is 10.0. The second-order valence-corrected chi connectivity index (χ2v) is 12.2. The van der Waals surface area contributed by atoms with Crippen LogP contribution in [0.5, 0.6) is 0 Å². The fourth-order valence-electron chi connectivity index (χ4n) is 7.27. The highest BCUT2D eigenvalue weighted by Gasteiger charge is 2.24. The molecular formula is C42H27N5. The Balaban J connectivity index is 1.37. The van der Waals surface area contributed by atoms with Gasteiger partial charge in [0.05, 0.1) is 22.4 Å². The molecule has 0 saturated heterocycles. The third-order valence-electron chi connectivity index (χ3n) is 9.42. The summed E-state index contributed by atoms with van der Waals surface area (Å²) in [5.74, 6) is 0.608. The van der Waals surface area contributed by atoms with Crippen molar-refractivity contribution in [2.75, 3.05) is 0 Å². The fourth-order valence-corrected chi connectivity index (χ4v) is 7.27. The molecule has 6 aromatic carbocycles. The minimum atomic E-state index is 0.608. The van der Waals surface area contributed by atoms with Crippen LogP contribution in [0.3, 0.4) is 0 Å². The molecule has 4 aromatic heterocycles. The van der Waals surface area contributed by atoms with Crippen LogP contribution in [0, 0.1) is 6.92 Å². The van der Waals surface area contributed by atoms with Crippen LogP contribution in [0.4, 0.5) is 0 Å². The molecule has 47 heavy (non-hydrogen) atoms. The van der Waals surface area contributed by atoms with Crippen molar-refractivity contribution in [1.29, 1.82) is 0 Å². The molecule has 10 rings (SSSR count). The summed E-state index contributed by atoms with van der Waals surface area (Å²) in [5, 5.41) is 7.00. The Morgan fingerprint density at radius 1 is 0.489 bits per heavy atom. The van der Waals surface area contributed by atoms with Gasteiger partial charge in [-0.05, 0) is 52.9 Å². The molecular weight excluding hydrogens is 574 g/mol. The molecule has 0 fully saturated rings. The van der Waals surface area contributed by atoms with Gasteiger partial charge in [-0.3, -0.25) is 8.97 Å². The van der Waals surface area contributed by atoms with Gasteiger partial charge >= 0.3 is 0 Å². The summed E-state index contributed by atoms with van der Waals surface area (Å²) in [6.07, 6.45) is 0. The Morgan fingerprint density at radius 3 is 2.02 bits per heavy atom. The van der Waals surface area contributed by atoms with E-state index in [9.17, 15) is 0 Å². The van der Waals surface area contributed by atoms with Crippen molar-refractivity contribution in [3.63, 3.8) is 0 Å². The number of imidazole rings is 1. The van der Waals surface area contributed by atoms with E-state index >= 15 is 0 Å². The summed E-state index contributed by atoms with van der Waals surface area (Å²) in [4.78, 5) is 16.0. The monoisotopic (exact) mass is 601 g/mol. The number of rotatable bonds is 3. The number of para-hydroxylation sites is 1. The maximum Gasteiger partial charge on any atom is 0.237 e. The first kappa shape index (κ1) is 25.9. The Kier molecular flexibility index (Phi) is 5.43. The van der Waals surface area contributed by atoms with Gasteiger partial charge in [-0.1, -0.05) is 121 Å². The highest BCUT2D eigenvalue weighted by molar-refractivity contribution is 6.17. The van der Waals surface area contributed by atoms with E-state index < -0.39 is 0 Å². The molecule has 0 unspecified atom stereocenters. The first-order valence-corrected chi connectivity index (χ1v) is 15.9. The number of fused-ring (bicyclic) bond motifs is 11. The van der Waals surface area contributed by atoms with Gasteiger partial charge < -0.3 is 0 Å². The molecule has 4 heterocycles. The molecule has 0 spiro atoms. The number of pyridine rings is 1. The van der Waals surface area contributed by atoms with Crippen LogP contribution in [0.25, 0.3) is 88.6 Å². The van der Waals surface area contributed by atoms with E-state index in [0.717, 1.165) is 61.1 Å². The minimum absolute atomic E-state index is 0.608. The molecule has 0 aliphatic carbocycles. The second kappa shape index (κ2) is 9.83. The summed E-state index contributed by atoms with van der Waals surface area (Å²) in [5.41, 5.74) is 9.98. The Bertz CT molecular complexity index is 2860. The summed E-state index contributed by atoms with van der Waals surface area (Å²) in [6, 6.07) is 51.0. The highest BCUT2D eigenvalue weighted by Crippen LogP contribution is 2.39. The number of nitrogens with zero attached hydrogens (tertiary/aromatic N) is 5. The summed E-state index contributed by atoms with van der Waals surface area (Å²) < 4.78 is 4.52. The molecule has 0 radical (unpaired) electrons. The van der Waals surface area contributed by atoms with Gasteiger partial charge in [0.2, 0.25) is 5.95 Å². The molecule has 10 aromatic rings. The van der Waals surface area contributed by atoms with Crippen molar-refractivity contribution in [3.05, 3.63) is 151 Å². The van der Waals surface area contributed by atoms with E-state index in [1.165, 1.54) is 27.1 Å². The van der Waals surface area contributed by atoms with Crippen molar-refractivity contribution in [2.45, 2.75) is 6.92 Å². The molecule has 5 nitrogen and oxygen atoms in total. The van der Waals surface area contributed by atoms with E-state index in [2.05, 4.69) is 155 Å². The van der Waals surface area contributed by atoms with Crippen LogP contribution in [0.2, 0.25) is 0 Å². The van der Waals surface area contributed by atoms with E-state index in [4.69, 9.17) is 15.0 Å². The predicted molar refractivity (Wildman–Crippen MR) is 193 cm³/mol. The van der Waals surface area contributed by atoms with Gasteiger partial charge in [0, 0.05) is 27.3 Å². The standard InChI is InChI=1S/C42H27N5/c1-26-12-11-21-37-38(26)31-17-7-8-18-32(31)40-45-39-33-19-9-10-20-36(33)47(41(39)46(37)40)42-43-34(28-14-3-2-4-15-28)25-35(44-42)30-23-22-27-13-5-6-16-29(27)24-30/h2-25H,1H3. The summed E-state index contributed by atoms with van der Waals surface area (Å²) in [7, 11) is 0. The predicted octanol–water partition coefficient (Wildman–Crippen LogP) is 10.3. The van der Waals surface area contributed by atoms with Gasteiger partial charge in [-0.2, -0.15) is 0 Å². The van der Waals surface area contributed by atoms with E-state index in [0.29, 0.717) is 5.95 Å². The highest BCUT2D eigenvalue weighted by atomic mass is 15.2. The number of hydrogen-bond acceptors (Lipinski definition) is 3. The average molecular weight is 602 g/mol. The molecule has 0 aliphatic heterocycles. The van der Waals surface area contributed by atoms with Gasteiger partial charge in [-0.25, -0.2) is 15.0 Å². The minimum Gasteiger partial charge on any atom is -0.277 e. The zero-order valence-electron chi connectivity index (χ0n) is 25.6. The number of hydrogen-bond donors (Lipinski definition) is 0. The van der Waals surface area contributed by atoms with Crippen LogP contribution < -0.4 is 0 Å². The zero-order chi connectivity index (χ0) is 31.1. The summed E-state index contributed by atoms with van der Waals surface area (Å²) >= 11 is 0. The quantitative estimate of drug-likeness (QED) is 0.189. The lowest BCUT2D eigenvalue weighted by Gasteiger charge is -2.14. The van der Waals surface area contributed by atoms with Crippen LogP contribution in [-0.2, 0) is 0 Å². The lowest BCUT2D eigenvalue weighted by molar-refractivity contribution is 0.978. The molecule has 0 atom stereocenters. The number of aryl methyl sites for hydroxylation is 1. The van der Waals surface area contributed by atoms with E-state index in [1.807, 2.05) is 6.07 Å². The third kappa shape index (κ3) is 3.80. The topological polar surface area (TPSA) is 48.0 Å². The first-order valence-electron chi connectivity index (χ1n) is 15.9. The maximum absolute atomic E-state index is 5.38. The van der Waals surface area contributed by atoms with Crippen molar-refractivity contribution >= 4 is 60.2 Å². The van der Waals surface area contributed by atoms with Crippen molar-refractivity contribution < 1.29 is 0 Å². The van der Waals surface area contributed by atoms with Gasteiger partial charge in [0.25, 0.3) is 0 Å². The maximum atomic E-state index is 5.38. The Morgan fingerprint density at radius 2 is 1.17 bits per heavy atom. The van der Waals surface area contributed by atoms with Crippen LogP contribution in [-0.4, -0.2) is 23.9 Å². The molecule has 0 bridgehead atoms. The smallest absolute Gasteiger partial charge is 0.237 e. The van der Waals surface area contributed by atoms with Crippen molar-refractivity contribution in [3.8, 4) is 28.5 Å². The molecule has 0 amide bonds. The van der Waals surface area contributed by atoms with Crippen LogP contribution in [0.15, 0.2) is 146 Å². The number of benzene rings is 6. The molecule has 0 aliphatic rings. The SMILES string of the molecule is Cc1cccc2c1c1ccccc1c1nc3c4ccccc4n(-c4nc(-c5ccccc5)cc(-c5ccc6ccccc6c5)n4)c3n21. The average Bonchev–Trinajstić information content (AvgIpc) is 3.67. The molecule has 0 N–H and O–H groups in total. The number of aromatic nitrogens is 5. The Labute approximate surface area is 270 Å². The van der Waals surface area contributed by atoms with Gasteiger partial charge in [-0.15, -0.1) is 0 Å². The molecule has 5 heteroatoms. The van der Waals surface area contributed by atoms with E-state index in [-0.39, 0.29) is 0 Å². The zero-order valence-corrected chi connectivity index (χ0v) is 25.6. The largest absolute Gasteiger partial charge is 0.277 e. The van der Waals surface area contributed by atoms with Gasteiger partial charge in [0.1, 0.15) is 11.2 Å². The lowest BCUT2D eigenvalue weighted by Crippen LogP contribution is -2.06. The normalized spacial score (nSPS) is 11.9. The van der Waals surface area contributed by atoms with Crippen LogP contribution in [0.1, 0.15) is 5.56 Å². The van der Waals surface area contributed by atoms with Gasteiger partial charge in [0.15, 0.2) is 5.65 Å². The van der Waals surface area contributed by atoms with Crippen molar-refractivity contribution in [2.24, 2.45) is 0 Å². The summed E-state index contributed by atoms with van der Waals surface area (Å²) in [6.45, 7) is 2.19. The second-order valence-electron chi connectivity index (χ2n) is 12.2. The van der Waals surface area contributed by atoms with Crippen molar-refractivity contribution in [1.82, 2.24) is 23.9 Å². The molecule has 220 valence electrons. The fraction of sp³-hybridized carbons (Fsp3) is 0.0238.